The van der Waals surface area contributed by atoms with E-state index in [9.17, 15) is 4.79 Å². The molecule has 1 fully saturated rings. The van der Waals surface area contributed by atoms with Gasteiger partial charge in [0, 0.05) is 32.9 Å². The van der Waals surface area contributed by atoms with E-state index in [1.807, 2.05) is 46.1 Å². The number of nitrogens with zero attached hydrogens (tertiary/aromatic N) is 4. The molecule has 140 valence electrons. The smallest absolute Gasteiger partial charge is 0.257 e. The molecule has 6 heteroatoms. The van der Waals surface area contributed by atoms with Gasteiger partial charge in [-0.1, -0.05) is 30.3 Å². The van der Waals surface area contributed by atoms with E-state index in [0.29, 0.717) is 18.7 Å². The number of likely N-dealkylation sites (N-methyl/N-ethyl adjacent to an activating group) is 2. The van der Waals surface area contributed by atoms with Crippen molar-refractivity contribution in [2.24, 2.45) is 7.05 Å². The van der Waals surface area contributed by atoms with Crippen LogP contribution in [0.5, 0.6) is 0 Å². The number of ether oxygens (including phenoxy) is 1. The molecule has 0 bridgehead atoms. The maximum absolute atomic E-state index is 13.0. The van der Waals surface area contributed by atoms with Gasteiger partial charge in [0.15, 0.2) is 0 Å². The lowest BCUT2D eigenvalue weighted by molar-refractivity contribution is -0.0708. The van der Waals surface area contributed by atoms with Crippen LogP contribution >= 0.6 is 0 Å². The standard InChI is InChI=1S/C20H28N4O2/c1-14-18(15(2)24(5)21-14)20(25)23(4)13-17-19(22(3)11-12-26-17)16-9-7-6-8-10-16/h6-10,17,19H,11-13H2,1-5H3/t17-,19-/m0/s1. The van der Waals surface area contributed by atoms with Crippen LogP contribution in [0.25, 0.3) is 0 Å². The Morgan fingerprint density at radius 3 is 2.58 bits per heavy atom. The first-order chi connectivity index (χ1) is 12.4. The summed E-state index contributed by atoms with van der Waals surface area (Å²) < 4.78 is 7.84. The fourth-order valence-corrected chi connectivity index (χ4v) is 3.76. The summed E-state index contributed by atoms with van der Waals surface area (Å²) >= 11 is 0. The molecule has 0 aliphatic carbocycles. The Kier molecular flexibility index (Phi) is 5.44. The van der Waals surface area contributed by atoms with Crippen LogP contribution in [0.1, 0.15) is 33.4 Å². The molecule has 1 aliphatic heterocycles. The zero-order valence-corrected chi connectivity index (χ0v) is 16.3. The van der Waals surface area contributed by atoms with Crippen molar-refractivity contribution in [3.05, 3.63) is 52.8 Å². The van der Waals surface area contributed by atoms with E-state index in [2.05, 4.69) is 29.2 Å². The number of hydrogen-bond acceptors (Lipinski definition) is 4. The summed E-state index contributed by atoms with van der Waals surface area (Å²) in [4.78, 5) is 17.1. The van der Waals surface area contributed by atoms with E-state index in [-0.39, 0.29) is 18.1 Å². The quantitative estimate of drug-likeness (QED) is 0.843. The minimum atomic E-state index is -0.0672. The van der Waals surface area contributed by atoms with E-state index in [1.54, 1.807) is 9.58 Å². The van der Waals surface area contributed by atoms with Gasteiger partial charge in [0.25, 0.3) is 5.91 Å². The van der Waals surface area contributed by atoms with Gasteiger partial charge >= 0.3 is 0 Å². The number of aromatic nitrogens is 2. The largest absolute Gasteiger partial charge is 0.373 e. The highest BCUT2D eigenvalue weighted by atomic mass is 16.5. The maximum Gasteiger partial charge on any atom is 0.257 e. The van der Waals surface area contributed by atoms with Crippen LogP contribution in [0.4, 0.5) is 0 Å². The number of hydrogen-bond donors (Lipinski definition) is 0. The van der Waals surface area contributed by atoms with Crippen molar-refractivity contribution >= 4 is 5.91 Å². The maximum atomic E-state index is 13.0. The second-order valence-electron chi connectivity index (χ2n) is 7.10. The Balaban J connectivity index is 1.80. The summed E-state index contributed by atoms with van der Waals surface area (Å²) in [6.45, 7) is 5.91. The lowest BCUT2D eigenvalue weighted by Gasteiger charge is -2.40. The first kappa shape index (κ1) is 18.6. The minimum absolute atomic E-state index is 0.00302. The van der Waals surface area contributed by atoms with E-state index >= 15 is 0 Å². The van der Waals surface area contributed by atoms with Crippen LogP contribution in [-0.4, -0.2) is 65.4 Å². The highest BCUT2D eigenvalue weighted by Crippen LogP contribution is 2.29. The predicted molar refractivity (Wildman–Crippen MR) is 101 cm³/mol. The zero-order chi connectivity index (χ0) is 18.8. The summed E-state index contributed by atoms with van der Waals surface area (Å²) in [7, 11) is 5.82. The third-order valence-corrected chi connectivity index (χ3v) is 5.27. The third-order valence-electron chi connectivity index (χ3n) is 5.27. The highest BCUT2D eigenvalue weighted by molar-refractivity contribution is 5.96. The van der Waals surface area contributed by atoms with Crippen molar-refractivity contribution < 1.29 is 9.53 Å². The van der Waals surface area contributed by atoms with Crippen LogP contribution in [-0.2, 0) is 11.8 Å². The second-order valence-corrected chi connectivity index (χ2v) is 7.10. The van der Waals surface area contributed by atoms with Crippen LogP contribution < -0.4 is 0 Å². The Morgan fingerprint density at radius 2 is 1.96 bits per heavy atom. The van der Waals surface area contributed by atoms with Gasteiger partial charge in [0.1, 0.15) is 0 Å². The number of morpholine rings is 1. The zero-order valence-electron chi connectivity index (χ0n) is 16.3. The fourth-order valence-electron chi connectivity index (χ4n) is 3.76. The van der Waals surface area contributed by atoms with Crippen molar-refractivity contribution in [2.45, 2.75) is 26.0 Å². The van der Waals surface area contributed by atoms with E-state index in [0.717, 1.165) is 17.9 Å². The van der Waals surface area contributed by atoms with Gasteiger partial charge in [-0.2, -0.15) is 5.10 Å². The molecule has 1 aliphatic rings. The molecule has 0 N–H and O–H groups in total. The summed E-state index contributed by atoms with van der Waals surface area (Å²) in [5.74, 6) is -0.00302. The van der Waals surface area contributed by atoms with Crippen molar-refractivity contribution in [1.29, 1.82) is 0 Å². The molecule has 26 heavy (non-hydrogen) atoms. The molecule has 2 aromatic rings. The summed E-state index contributed by atoms with van der Waals surface area (Å²) in [6, 6.07) is 10.5. The summed E-state index contributed by atoms with van der Waals surface area (Å²) in [6.07, 6.45) is -0.0672. The Labute approximate surface area is 155 Å². The monoisotopic (exact) mass is 356 g/mol. The van der Waals surface area contributed by atoms with Crippen molar-refractivity contribution in [1.82, 2.24) is 19.6 Å². The molecule has 1 aromatic heterocycles. The molecule has 0 radical (unpaired) electrons. The second kappa shape index (κ2) is 7.60. The van der Waals surface area contributed by atoms with Crippen molar-refractivity contribution in [3.8, 4) is 0 Å². The Morgan fingerprint density at radius 1 is 1.27 bits per heavy atom. The third kappa shape index (κ3) is 3.52. The molecule has 0 saturated carbocycles. The van der Waals surface area contributed by atoms with E-state index < -0.39 is 0 Å². The lowest BCUT2D eigenvalue weighted by Crippen LogP contribution is -2.48. The number of carbonyl (C=O) groups is 1. The lowest BCUT2D eigenvalue weighted by atomic mass is 9.98. The van der Waals surface area contributed by atoms with Crippen molar-refractivity contribution in [3.63, 3.8) is 0 Å². The molecule has 1 aromatic carbocycles. The van der Waals surface area contributed by atoms with Gasteiger partial charge in [-0.25, -0.2) is 0 Å². The molecule has 0 unspecified atom stereocenters. The molecular weight excluding hydrogens is 328 g/mol. The highest BCUT2D eigenvalue weighted by Gasteiger charge is 2.33. The molecular formula is C20H28N4O2. The molecule has 1 saturated heterocycles. The van der Waals surface area contributed by atoms with E-state index in [4.69, 9.17) is 4.74 Å². The number of rotatable bonds is 4. The van der Waals surface area contributed by atoms with Crippen LogP contribution in [0, 0.1) is 13.8 Å². The van der Waals surface area contributed by atoms with Crippen LogP contribution in [0.2, 0.25) is 0 Å². The first-order valence-corrected chi connectivity index (χ1v) is 9.02. The Bertz CT molecular complexity index is 772. The fraction of sp³-hybridized carbons (Fsp3) is 0.500. The topological polar surface area (TPSA) is 50.6 Å². The normalized spacial score (nSPS) is 21.0. The molecule has 2 atom stereocenters. The minimum Gasteiger partial charge on any atom is -0.373 e. The van der Waals surface area contributed by atoms with Gasteiger partial charge in [0.05, 0.1) is 30.0 Å². The molecule has 1 amide bonds. The number of carbonyl (C=O) groups excluding carboxylic acids is 1. The van der Waals surface area contributed by atoms with Crippen LogP contribution in [0.3, 0.4) is 0 Å². The molecule has 3 rings (SSSR count). The van der Waals surface area contributed by atoms with E-state index in [1.165, 1.54) is 5.56 Å². The van der Waals surface area contributed by atoms with Gasteiger partial charge < -0.3 is 9.64 Å². The molecule has 0 spiro atoms. The number of amides is 1. The van der Waals surface area contributed by atoms with Gasteiger partial charge in [0.2, 0.25) is 0 Å². The summed E-state index contributed by atoms with van der Waals surface area (Å²) in [5.41, 5.74) is 3.56. The first-order valence-electron chi connectivity index (χ1n) is 9.02. The van der Waals surface area contributed by atoms with Gasteiger partial charge in [-0.3, -0.25) is 14.4 Å². The molecule has 6 nitrogen and oxygen atoms in total. The molecule has 2 heterocycles. The Hall–Kier alpha value is -2.18. The average molecular weight is 356 g/mol. The number of aryl methyl sites for hydroxylation is 2. The van der Waals surface area contributed by atoms with Crippen molar-refractivity contribution in [2.75, 3.05) is 33.8 Å². The van der Waals surface area contributed by atoms with Crippen LogP contribution in [0.15, 0.2) is 30.3 Å². The predicted octanol–water partition coefficient (Wildman–Crippen LogP) is 2.18. The number of benzene rings is 1. The van der Waals surface area contributed by atoms with Gasteiger partial charge in [-0.15, -0.1) is 0 Å². The average Bonchev–Trinajstić information content (AvgIpc) is 2.87. The van der Waals surface area contributed by atoms with Gasteiger partial charge in [-0.05, 0) is 26.5 Å². The summed E-state index contributed by atoms with van der Waals surface area (Å²) in [5, 5.41) is 4.37. The SMILES string of the molecule is Cc1nn(C)c(C)c1C(=O)N(C)C[C@@H]1OCCN(C)[C@H]1c1ccccc1.